The van der Waals surface area contributed by atoms with Gasteiger partial charge in [-0.1, -0.05) is 18.7 Å². The van der Waals surface area contributed by atoms with Crippen LogP contribution in [-0.4, -0.2) is 51.1 Å². The summed E-state index contributed by atoms with van der Waals surface area (Å²) in [6.07, 6.45) is -0.231. The Balaban J connectivity index is 1.45. The highest BCUT2D eigenvalue weighted by atomic mass is 32.2. The van der Waals surface area contributed by atoms with Crippen LogP contribution in [0.5, 0.6) is 11.5 Å². The standard InChI is InChI=1S/C24H25N3O4S/c1-4-22(29)16-5-7-18(8-6-16)31-13-17(28)14-32-24-26-25-23-11-15(2)20-10-9-19(30-3)12-21(20)27(23)24/h5-12,17,28H,4,13-14H2,1-3H3. The summed E-state index contributed by atoms with van der Waals surface area (Å²) >= 11 is 1.42. The van der Waals surface area contributed by atoms with E-state index in [1.54, 1.807) is 31.4 Å². The van der Waals surface area contributed by atoms with E-state index in [2.05, 4.69) is 10.2 Å². The maximum Gasteiger partial charge on any atom is 0.196 e. The summed E-state index contributed by atoms with van der Waals surface area (Å²) in [5, 5.41) is 20.8. The molecule has 4 aromatic rings. The third-order valence-electron chi connectivity index (χ3n) is 5.22. The van der Waals surface area contributed by atoms with E-state index in [1.807, 2.05) is 42.5 Å². The van der Waals surface area contributed by atoms with Crippen molar-refractivity contribution in [3.05, 3.63) is 59.7 Å². The smallest absolute Gasteiger partial charge is 0.196 e. The second kappa shape index (κ2) is 9.58. The Labute approximate surface area is 190 Å². The number of fused-ring (bicyclic) bond motifs is 3. The predicted molar refractivity (Wildman–Crippen MR) is 125 cm³/mol. The summed E-state index contributed by atoms with van der Waals surface area (Å²) < 4.78 is 13.0. The average molecular weight is 452 g/mol. The molecule has 8 heteroatoms. The van der Waals surface area contributed by atoms with Crippen molar-refractivity contribution in [2.45, 2.75) is 31.5 Å². The largest absolute Gasteiger partial charge is 0.497 e. The number of Topliss-reactive ketones (excluding diaryl/α,β-unsaturated/α-hetero) is 1. The number of rotatable bonds is 9. The van der Waals surface area contributed by atoms with Crippen LogP contribution >= 0.6 is 11.8 Å². The highest BCUT2D eigenvalue weighted by molar-refractivity contribution is 7.99. The Morgan fingerprint density at radius 2 is 1.88 bits per heavy atom. The number of ether oxygens (including phenoxy) is 2. The molecule has 2 aromatic heterocycles. The van der Waals surface area contributed by atoms with Crippen LogP contribution in [0.25, 0.3) is 16.6 Å². The zero-order chi connectivity index (χ0) is 22.7. The first kappa shape index (κ1) is 22.1. The third-order valence-corrected chi connectivity index (χ3v) is 6.29. The van der Waals surface area contributed by atoms with Crippen LogP contribution in [0.4, 0.5) is 0 Å². The lowest BCUT2D eigenvalue weighted by Gasteiger charge is -2.13. The molecule has 0 saturated carbocycles. The predicted octanol–water partition coefficient (Wildman–Crippen LogP) is 4.32. The lowest BCUT2D eigenvalue weighted by molar-refractivity contribution is 0.0987. The molecular weight excluding hydrogens is 426 g/mol. The summed E-state index contributed by atoms with van der Waals surface area (Å²) in [7, 11) is 1.64. The van der Waals surface area contributed by atoms with Crippen molar-refractivity contribution in [1.82, 2.24) is 14.6 Å². The van der Waals surface area contributed by atoms with Crippen molar-refractivity contribution >= 4 is 34.1 Å². The van der Waals surface area contributed by atoms with Crippen LogP contribution in [0.3, 0.4) is 0 Å². The molecule has 0 bridgehead atoms. The van der Waals surface area contributed by atoms with Crippen molar-refractivity contribution < 1.29 is 19.4 Å². The zero-order valence-corrected chi connectivity index (χ0v) is 19.1. The second-order valence-corrected chi connectivity index (χ2v) is 8.45. The number of aliphatic hydroxyl groups is 1. The minimum absolute atomic E-state index is 0.0915. The molecule has 32 heavy (non-hydrogen) atoms. The van der Waals surface area contributed by atoms with Gasteiger partial charge < -0.3 is 14.6 Å². The van der Waals surface area contributed by atoms with Crippen molar-refractivity contribution in [2.75, 3.05) is 19.5 Å². The lowest BCUT2D eigenvalue weighted by Crippen LogP contribution is -2.20. The molecule has 0 aliphatic heterocycles. The molecule has 0 spiro atoms. The molecule has 1 unspecified atom stereocenters. The van der Waals surface area contributed by atoms with Crippen LogP contribution in [0, 0.1) is 6.92 Å². The molecule has 0 radical (unpaired) electrons. The van der Waals surface area contributed by atoms with E-state index in [0.29, 0.717) is 28.6 Å². The van der Waals surface area contributed by atoms with Gasteiger partial charge in [-0.05, 0) is 55.0 Å². The fraction of sp³-hybridized carbons (Fsp3) is 0.292. The van der Waals surface area contributed by atoms with Crippen LogP contribution in [-0.2, 0) is 0 Å². The quantitative estimate of drug-likeness (QED) is 0.299. The maximum absolute atomic E-state index is 11.7. The molecule has 7 nitrogen and oxygen atoms in total. The van der Waals surface area contributed by atoms with Crippen molar-refractivity contribution in [2.24, 2.45) is 0 Å². The highest BCUT2D eigenvalue weighted by Gasteiger charge is 2.15. The Kier molecular flexibility index (Phi) is 6.62. The van der Waals surface area contributed by atoms with Gasteiger partial charge in [0.05, 0.1) is 18.7 Å². The normalized spacial score (nSPS) is 12.2. The molecule has 0 fully saturated rings. The fourth-order valence-corrected chi connectivity index (χ4v) is 4.33. The molecule has 2 aromatic carbocycles. The monoisotopic (exact) mass is 451 g/mol. The van der Waals surface area contributed by atoms with Crippen LogP contribution in [0.15, 0.2) is 53.7 Å². The number of aryl methyl sites for hydroxylation is 1. The number of nitrogens with zero attached hydrogens (tertiary/aromatic N) is 3. The molecular formula is C24H25N3O4S. The molecule has 2 heterocycles. The molecule has 0 aliphatic carbocycles. The first-order valence-electron chi connectivity index (χ1n) is 10.4. The Morgan fingerprint density at radius 3 is 2.59 bits per heavy atom. The molecule has 1 N–H and O–H groups in total. The number of pyridine rings is 1. The Hall–Kier alpha value is -3.10. The number of thioether (sulfide) groups is 1. The number of aromatic nitrogens is 3. The topological polar surface area (TPSA) is 86.0 Å². The molecule has 1 atom stereocenters. The van der Waals surface area contributed by atoms with Gasteiger partial charge in [0.25, 0.3) is 0 Å². The van der Waals surface area contributed by atoms with Crippen molar-refractivity contribution in [1.29, 1.82) is 0 Å². The van der Waals surface area contributed by atoms with Crippen LogP contribution < -0.4 is 9.47 Å². The lowest BCUT2D eigenvalue weighted by atomic mass is 10.1. The van der Waals surface area contributed by atoms with E-state index in [0.717, 1.165) is 27.9 Å². The van der Waals surface area contributed by atoms with Crippen molar-refractivity contribution in [3.8, 4) is 11.5 Å². The highest BCUT2D eigenvalue weighted by Crippen LogP contribution is 2.29. The van der Waals surface area contributed by atoms with Gasteiger partial charge in [-0.3, -0.25) is 9.20 Å². The third kappa shape index (κ3) is 4.56. The zero-order valence-electron chi connectivity index (χ0n) is 18.2. The SMILES string of the molecule is CCC(=O)c1ccc(OCC(O)CSc2nnc3cc(C)c4ccc(OC)cc4n23)cc1. The van der Waals surface area contributed by atoms with Gasteiger partial charge >= 0.3 is 0 Å². The van der Waals surface area contributed by atoms with E-state index >= 15 is 0 Å². The first-order chi connectivity index (χ1) is 15.5. The van der Waals surface area contributed by atoms with Gasteiger partial charge in [0, 0.05) is 29.2 Å². The molecule has 0 aliphatic rings. The summed E-state index contributed by atoms with van der Waals surface area (Å²) in [6, 6.07) is 14.9. The van der Waals surface area contributed by atoms with Gasteiger partial charge in [-0.15, -0.1) is 10.2 Å². The summed E-state index contributed by atoms with van der Waals surface area (Å²) in [5.74, 6) is 1.86. The van der Waals surface area contributed by atoms with Crippen molar-refractivity contribution in [3.63, 3.8) is 0 Å². The minimum Gasteiger partial charge on any atom is -0.497 e. The number of carbonyl (C=O) groups is 1. The first-order valence-corrected chi connectivity index (χ1v) is 11.4. The summed E-state index contributed by atoms with van der Waals surface area (Å²) in [6.45, 7) is 4.01. The molecule has 0 amide bonds. The number of carbonyl (C=O) groups excluding carboxylic acids is 1. The fourth-order valence-electron chi connectivity index (χ4n) is 3.48. The van der Waals surface area contributed by atoms with Crippen LogP contribution in [0.2, 0.25) is 0 Å². The number of aliphatic hydroxyl groups excluding tert-OH is 1. The summed E-state index contributed by atoms with van der Waals surface area (Å²) in [5.41, 5.74) is 3.48. The van der Waals surface area contributed by atoms with Gasteiger partial charge in [0.15, 0.2) is 16.6 Å². The van der Waals surface area contributed by atoms with E-state index in [-0.39, 0.29) is 12.4 Å². The van der Waals surface area contributed by atoms with Gasteiger partial charge in [0.1, 0.15) is 18.1 Å². The van der Waals surface area contributed by atoms with Gasteiger partial charge in [-0.25, -0.2) is 0 Å². The molecule has 4 rings (SSSR count). The van der Waals surface area contributed by atoms with E-state index in [1.165, 1.54) is 11.8 Å². The number of benzene rings is 2. The van der Waals surface area contributed by atoms with Crippen LogP contribution in [0.1, 0.15) is 29.3 Å². The second-order valence-electron chi connectivity index (χ2n) is 7.46. The van der Waals surface area contributed by atoms with E-state index < -0.39 is 6.10 Å². The maximum atomic E-state index is 11.7. The minimum atomic E-state index is -0.699. The molecule has 0 saturated heterocycles. The summed E-state index contributed by atoms with van der Waals surface area (Å²) in [4.78, 5) is 11.7. The Bertz CT molecular complexity index is 1250. The Morgan fingerprint density at radius 1 is 1.12 bits per heavy atom. The van der Waals surface area contributed by atoms with E-state index in [4.69, 9.17) is 9.47 Å². The van der Waals surface area contributed by atoms with Gasteiger partial charge in [-0.2, -0.15) is 0 Å². The van der Waals surface area contributed by atoms with E-state index in [9.17, 15) is 9.90 Å². The average Bonchev–Trinajstić information content (AvgIpc) is 3.23. The van der Waals surface area contributed by atoms with Gasteiger partial charge in [0.2, 0.25) is 0 Å². The molecule has 166 valence electrons. The number of hydrogen-bond donors (Lipinski definition) is 1. The number of methoxy groups -OCH3 is 1. The number of hydrogen-bond acceptors (Lipinski definition) is 7. The number of ketones is 1.